The number of hydrogen-bond donors (Lipinski definition) is 2. The van der Waals surface area contributed by atoms with E-state index in [-0.39, 0.29) is 24.5 Å². The Morgan fingerprint density at radius 2 is 1.38 bits per heavy atom. The standard InChI is InChI=1S/C40H44N2O8/c1-3-4-5-6-10-25-49-34-23-17-32(18-24-34)40(47)50-35-21-13-29(14-22-35)26-36(39(45)46)42(2)38(44)31-15-19-33(20-16-31)41-37(43)28-48-27-30-11-8-7-9-12-30/h7-9,11-24,36H,3-6,10,25-28H2,1-2H3,(H,41,43)(H,45,46). The molecule has 1 atom stereocenters. The van der Waals surface area contributed by atoms with E-state index in [1.54, 1.807) is 60.7 Å². The Morgan fingerprint density at radius 3 is 2.04 bits per heavy atom. The van der Waals surface area contributed by atoms with E-state index in [1.165, 1.54) is 43.3 Å². The van der Waals surface area contributed by atoms with Gasteiger partial charge in [-0.05, 0) is 78.2 Å². The zero-order valence-electron chi connectivity index (χ0n) is 28.5. The predicted molar refractivity (Wildman–Crippen MR) is 190 cm³/mol. The van der Waals surface area contributed by atoms with E-state index >= 15 is 0 Å². The predicted octanol–water partition coefficient (Wildman–Crippen LogP) is 7.18. The smallest absolute Gasteiger partial charge is 0.343 e. The van der Waals surface area contributed by atoms with Gasteiger partial charge in [-0.15, -0.1) is 0 Å². The van der Waals surface area contributed by atoms with Crippen molar-refractivity contribution in [3.8, 4) is 11.5 Å². The second kappa shape index (κ2) is 19.5. The number of carboxylic acid groups (broad SMARTS) is 1. The van der Waals surface area contributed by atoms with E-state index in [9.17, 15) is 24.3 Å². The van der Waals surface area contributed by atoms with Crippen LogP contribution in [0.25, 0.3) is 0 Å². The van der Waals surface area contributed by atoms with Crippen LogP contribution in [0.2, 0.25) is 0 Å². The third-order valence-electron chi connectivity index (χ3n) is 8.00. The number of nitrogens with zero attached hydrogens (tertiary/aromatic N) is 1. The molecule has 4 rings (SSSR count). The number of carbonyl (C=O) groups excluding carboxylic acids is 3. The van der Waals surface area contributed by atoms with Crippen molar-refractivity contribution in [2.45, 2.75) is 58.1 Å². The molecule has 0 aliphatic rings. The number of nitrogens with one attached hydrogen (secondary N) is 1. The maximum Gasteiger partial charge on any atom is 0.343 e. The summed E-state index contributed by atoms with van der Waals surface area (Å²) in [6.45, 7) is 2.99. The van der Waals surface area contributed by atoms with Gasteiger partial charge in [-0.2, -0.15) is 0 Å². The van der Waals surface area contributed by atoms with Gasteiger partial charge < -0.3 is 29.5 Å². The van der Waals surface area contributed by atoms with Gasteiger partial charge in [0.1, 0.15) is 24.1 Å². The summed E-state index contributed by atoms with van der Waals surface area (Å²) in [4.78, 5) is 51.5. The molecule has 0 radical (unpaired) electrons. The van der Waals surface area contributed by atoms with Gasteiger partial charge in [0.25, 0.3) is 5.91 Å². The van der Waals surface area contributed by atoms with E-state index in [0.29, 0.717) is 41.5 Å². The minimum Gasteiger partial charge on any atom is -0.494 e. The third-order valence-corrected chi connectivity index (χ3v) is 8.00. The molecule has 0 saturated heterocycles. The first-order chi connectivity index (χ1) is 24.2. The number of carbonyl (C=O) groups is 4. The molecule has 2 N–H and O–H groups in total. The molecule has 0 aliphatic heterocycles. The van der Waals surface area contributed by atoms with Crippen molar-refractivity contribution in [2.75, 3.05) is 25.6 Å². The Morgan fingerprint density at radius 1 is 0.740 bits per heavy atom. The number of unbranched alkanes of at least 4 members (excludes halogenated alkanes) is 4. The number of hydrogen-bond acceptors (Lipinski definition) is 7. The number of anilines is 1. The molecule has 0 saturated carbocycles. The zero-order valence-corrected chi connectivity index (χ0v) is 28.5. The van der Waals surface area contributed by atoms with E-state index in [2.05, 4.69) is 12.2 Å². The number of likely N-dealkylation sites (N-methyl/N-ethyl adjacent to an activating group) is 1. The Labute approximate surface area is 293 Å². The van der Waals surface area contributed by atoms with Crippen molar-refractivity contribution in [2.24, 2.45) is 0 Å². The van der Waals surface area contributed by atoms with Crippen LogP contribution in [0.15, 0.2) is 103 Å². The van der Waals surface area contributed by atoms with Gasteiger partial charge in [0.15, 0.2) is 0 Å². The number of benzene rings is 4. The molecule has 10 nitrogen and oxygen atoms in total. The van der Waals surface area contributed by atoms with E-state index in [4.69, 9.17) is 14.2 Å². The van der Waals surface area contributed by atoms with Crippen molar-refractivity contribution < 1.29 is 38.5 Å². The van der Waals surface area contributed by atoms with Crippen LogP contribution in [0.4, 0.5) is 5.69 Å². The van der Waals surface area contributed by atoms with E-state index < -0.39 is 23.9 Å². The van der Waals surface area contributed by atoms with Crippen molar-refractivity contribution in [1.29, 1.82) is 0 Å². The number of aliphatic carboxylic acids is 1. The van der Waals surface area contributed by atoms with E-state index in [1.807, 2.05) is 30.3 Å². The average Bonchev–Trinajstić information content (AvgIpc) is 3.13. The number of amides is 2. The summed E-state index contributed by atoms with van der Waals surface area (Å²) in [5.41, 5.74) is 2.71. The largest absolute Gasteiger partial charge is 0.494 e. The van der Waals surface area contributed by atoms with Gasteiger partial charge in [0.2, 0.25) is 5.91 Å². The first-order valence-corrected chi connectivity index (χ1v) is 16.8. The lowest BCUT2D eigenvalue weighted by atomic mass is 10.0. The molecule has 50 heavy (non-hydrogen) atoms. The fraction of sp³-hybridized carbons (Fsp3) is 0.300. The summed E-state index contributed by atoms with van der Waals surface area (Å²) in [5, 5.41) is 12.7. The second-order valence-corrected chi connectivity index (χ2v) is 11.9. The molecule has 10 heteroatoms. The summed E-state index contributed by atoms with van der Waals surface area (Å²) in [6.07, 6.45) is 5.79. The van der Waals surface area contributed by atoms with Crippen molar-refractivity contribution in [3.63, 3.8) is 0 Å². The Balaban J connectivity index is 1.25. The second-order valence-electron chi connectivity index (χ2n) is 11.9. The number of ether oxygens (including phenoxy) is 3. The van der Waals surface area contributed by atoms with Gasteiger partial charge in [-0.25, -0.2) is 9.59 Å². The highest BCUT2D eigenvalue weighted by atomic mass is 16.5. The molecule has 2 amide bonds. The van der Waals surface area contributed by atoms with Crippen LogP contribution in [0, 0.1) is 0 Å². The lowest BCUT2D eigenvalue weighted by molar-refractivity contribution is -0.141. The molecular weight excluding hydrogens is 636 g/mol. The number of carboxylic acids is 1. The van der Waals surface area contributed by atoms with Crippen LogP contribution < -0.4 is 14.8 Å². The zero-order chi connectivity index (χ0) is 35.7. The minimum absolute atomic E-state index is 0.0307. The topological polar surface area (TPSA) is 131 Å². The maximum absolute atomic E-state index is 13.2. The number of esters is 1. The highest BCUT2D eigenvalue weighted by molar-refractivity contribution is 5.97. The fourth-order valence-electron chi connectivity index (χ4n) is 5.13. The SMILES string of the molecule is CCCCCCCOc1ccc(C(=O)Oc2ccc(CC(C(=O)O)N(C)C(=O)c3ccc(NC(=O)COCc4ccccc4)cc3)cc2)cc1. The van der Waals surface area contributed by atoms with Gasteiger partial charge >= 0.3 is 11.9 Å². The quantitative estimate of drug-likeness (QED) is 0.0605. The summed E-state index contributed by atoms with van der Waals surface area (Å²) < 4.78 is 16.7. The fourth-order valence-corrected chi connectivity index (χ4v) is 5.13. The van der Waals surface area contributed by atoms with Crippen molar-refractivity contribution in [3.05, 3.63) is 125 Å². The van der Waals surface area contributed by atoms with Gasteiger partial charge in [0.05, 0.1) is 18.8 Å². The van der Waals surface area contributed by atoms with Crippen molar-refractivity contribution >= 4 is 29.4 Å². The number of rotatable bonds is 19. The first-order valence-electron chi connectivity index (χ1n) is 16.8. The summed E-state index contributed by atoms with van der Waals surface area (Å²) >= 11 is 0. The molecule has 0 aliphatic carbocycles. The van der Waals surface area contributed by atoms with Gasteiger partial charge in [-0.3, -0.25) is 9.59 Å². The Bertz CT molecular complexity index is 1670. The highest BCUT2D eigenvalue weighted by Gasteiger charge is 2.27. The Hall–Kier alpha value is -5.48. The molecule has 262 valence electrons. The average molecular weight is 681 g/mol. The summed E-state index contributed by atoms with van der Waals surface area (Å²) in [5.74, 6) is -1.53. The molecule has 0 aromatic heterocycles. The molecule has 0 heterocycles. The molecule has 1 unspecified atom stereocenters. The van der Waals surface area contributed by atoms with Gasteiger partial charge in [0, 0.05) is 24.7 Å². The molecule has 0 bridgehead atoms. The first kappa shape index (κ1) is 37.3. The van der Waals surface area contributed by atoms with Crippen LogP contribution in [0.3, 0.4) is 0 Å². The summed E-state index contributed by atoms with van der Waals surface area (Å²) in [7, 11) is 1.43. The molecular formula is C40H44N2O8. The third kappa shape index (κ3) is 11.9. The molecule has 0 spiro atoms. The molecule has 4 aromatic rings. The van der Waals surface area contributed by atoms with Crippen molar-refractivity contribution in [1.82, 2.24) is 4.90 Å². The highest BCUT2D eigenvalue weighted by Crippen LogP contribution is 2.20. The maximum atomic E-state index is 13.2. The summed E-state index contributed by atoms with van der Waals surface area (Å²) in [6, 6.07) is 27.8. The van der Waals surface area contributed by atoms with Gasteiger partial charge in [-0.1, -0.05) is 75.1 Å². The lowest BCUT2D eigenvalue weighted by Gasteiger charge is -2.25. The van der Waals surface area contributed by atoms with Crippen LogP contribution >= 0.6 is 0 Å². The molecule has 4 aromatic carbocycles. The Kier molecular flexibility index (Phi) is 14.6. The van der Waals surface area contributed by atoms with Crippen LogP contribution in [-0.2, 0) is 27.4 Å². The lowest BCUT2D eigenvalue weighted by Crippen LogP contribution is -2.43. The molecule has 0 fully saturated rings. The normalized spacial score (nSPS) is 11.3. The monoisotopic (exact) mass is 680 g/mol. The van der Waals surface area contributed by atoms with Crippen LogP contribution in [0.1, 0.15) is 70.9 Å². The van der Waals surface area contributed by atoms with Crippen LogP contribution in [0.5, 0.6) is 11.5 Å². The minimum atomic E-state index is -1.17. The van der Waals surface area contributed by atoms with E-state index in [0.717, 1.165) is 18.4 Å². The van der Waals surface area contributed by atoms with Crippen LogP contribution in [-0.4, -0.2) is 60.1 Å².